The number of hydrogen-bond acceptors (Lipinski definition) is 6. The number of nitro groups is 1. The zero-order valence-corrected chi connectivity index (χ0v) is 8.13. The molecule has 0 amide bonds. The highest BCUT2D eigenvalue weighted by Gasteiger charge is 2.13. The van der Waals surface area contributed by atoms with E-state index in [0.29, 0.717) is 0 Å². The lowest BCUT2D eigenvalue weighted by Gasteiger charge is -2.08. The second-order valence-electron chi connectivity index (χ2n) is 2.82. The zero-order valence-electron chi connectivity index (χ0n) is 8.13. The van der Waals surface area contributed by atoms with Gasteiger partial charge in [-0.25, -0.2) is 0 Å². The number of carboxylic acids is 1. The lowest BCUT2D eigenvalue weighted by molar-refractivity contribution is -0.385. The van der Waals surface area contributed by atoms with Crippen LogP contribution in [0.2, 0.25) is 0 Å². The molecule has 0 radical (unpaired) electrons. The summed E-state index contributed by atoms with van der Waals surface area (Å²) in [6, 6.07) is 2.84. The van der Waals surface area contributed by atoms with E-state index in [2.05, 4.69) is 4.74 Å². The maximum atomic E-state index is 10.7. The van der Waals surface area contributed by atoms with Gasteiger partial charge in [-0.2, -0.15) is 0 Å². The zero-order chi connectivity index (χ0) is 12.3. The minimum absolute atomic E-state index is 0.280. The molecule has 1 aromatic carbocycles. The smallest absolute Gasteiger partial charge is 0.308 e. The largest absolute Gasteiger partial charge is 0.545 e. The standard InChI is InChI=1S/C9H7NO6/c1-5(11)16-8-3-2-6(10(14)15)4-7(8)9(12)13/h2-4H,1H3,(H,12,13)/p-1. The average molecular weight is 224 g/mol. The highest BCUT2D eigenvalue weighted by molar-refractivity contribution is 5.91. The third-order valence-electron chi connectivity index (χ3n) is 1.65. The molecule has 16 heavy (non-hydrogen) atoms. The van der Waals surface area contributed by atoms with E-state index >= 15 is 0 Å². The van der Waals surface area contributed by atoms with Gasteiger partial charge in [0.25, 0.3) is 5.69 Å². The maximum absolute atomic E-state index is 10.7. The molecule has 0 N–H and O–H groups in total. The van der Waals surface area contributed by atoms with Gasteiger partial charge in [-0.1, -0.05) is 0 Å². The Morgan fingerprint density at radius 2 is 2.00 bits per heavy atom. The van der Waals surface area contributed by atoms with Crippen molar-refractivity contribution in [3.8, 4) is 5.75 Å². The third-order valence-corrected chi connectivity index (χ3v) is 1.65. The predicted molar refractivity (Wildman–Crippen MR) is 48.7 cm³/mol. The molecule has 0 fully saturated rings. The SMILES string of the molecule is CC(=O)Oc1ccc([N+](=O)[O-])cc1C(=O)[O-]. The highest BCUT2D eigenvalue weighted by atomic mass is 16.6. The van der Waals surface area contributed by atoms with E-state index in [-0.39, 0.29) is 5.75 Å². The number of aromatic carboxylic acids is 1. The molecular weight excluding hydrogens is 218 g/mol. The average Bonchev–Trinajstić information content (AvgIpc) is 2.16. The van der Waals surface area contributed by atoms with E-state index in [9.17, 15) is 24.8 Å². The Morgan fingerprint density at radius 3 is 2.44 bits per heavy atom. The lowest BCUT2D eigenvalue weighted by atomic mass is 10.2. The molecule has 1 aromatic rings. The molecule has 0 aliphatic carbocycles. The summed E-state index contributed by atoms with van der Waals surface area (Å²) in [5.41, 5.74) is -0.959. The topological polar surface area (TPSA) is 110 Å². The number of rotatable bonds is 3. The fourth-order valence-corrected chi connectivity index (χ4v) is 1.03. The number of hydrogen-bond donors (Lipinski definition) is 0. The quantitative estimate of drug-likeness (QED) is 0.306. The van der Waals surface area contributed by atoms with E-state index in [1.165, 1.54) is 0 Å². The first-order chi connectivity index (χ1) is 7.41. The van der Waals surface area contributed by atoms with Crippen molar-refractivity contribution in [1.82, 2.24) is 0 Å². The van der Waals surface area contributed by atoms with Crippen LogP contribution in [-0.2, 0) is 4.79 Å². The normalized spacial score (nSPS) is 9.56. The van der Waals surface area contributed by atoms with Crippen molar-refractivity contribution in [1.29, 1.82) is 0 Å². The molecular formula is C9H6NO6-. The Balaban J connectivity index is 3.24. The van der Waals surface area contributed by atoms with Crippen LogP contribution in [-0.4, -0.2) is 16.9 Å². The van der Waals surface area contributed by atoms with Crippen molar-refractivity contribution in [3.05, 3.63) is 33.9 Å². The number of carboxylic acid groups (broad SMARTS) is 1. The molecule has 7 heteroatoms. The minimum atomic E-state index is -1.65. The fourth-order valence-electron chi connectivity index (χ4n) is 1.03. The summed E-state index contributed by atoms with van der Waals surface area (Å²) in [6.45, 7) is 1.08. The van der Waals surface area contributed by atoms with Crippen molar-refractivity contribution in [2.45, 2.75) is 6.92 Å². The van der Waals surface area contributed by atoms with E-state index in [1.54, 1.807) is 0 Å². The van der Waals surface area contributed by atoms with Crippen LogP contribution in [0.1, 0.15) is 17.3 Å². The van der Waals surface area contributed by atoms with Crippen molar-refractivity contribution in [3.63, 3.8) is 0 Å². The van der Waals surface area contributed by atoms with Crippen molar-refractivity contribution >= 4 is 17.6 Å². The molecule has 0 unspecified atom stereocenters. The van der Waals surface area contributed by atoms with Crippen LogP contribution in [0.15, 0.2) is 18.2 Å². The number of ether oxygens (including phenoxy) is 1. The predicted octanol–water partition coefficient (Wildman–Crippen LogP) is -0.116. The molecule has 0 saturated carbocycles. The van der Waals surface area contributed by atoms with Crippen molar-refractivity contribution in [2.24, 2.45) is 0 Å². The summed E-state index contributed by atoms with van der Waals surface area (Å²) in [7, 11) is 0. The Bertz CT molecular complexity index is 467. The number of benzene rings is 1. The van der Waals surface area contributed by atoms with Gasteiger partial charge in [0.2, 0.25) is 0 Å². The Morgan fingerprint density at radius 1 is 1.38 bits per heavy atom. The van der Waals surface area contributed by atoms with Gasteiger partial charge in [0.05, 0.1) is 10.9 Å². The van der Waals surface area contributed by atoms with Gasteiger partial charge in [-0.05, 0) is 6.07 Å². The van der Waals surface area contributed by atoms with E-state index in [4.69, 9.17) is 0 Å². The van der Waals surface area contributed by atoms with Crippen LogP contribution in [0, 0.1) is 10.1 Å². The van der Waals surface area contributed by atoms with Crippen LogP contribution in [0.3, 0.4) is 0 Å². The van der Waals surface area contributed by atoms with Crippen LogP contribution in [0.25, 0.3) is 0 Å². The number of esters is 1. The first kappa shape index (κ1) is 11.6. The number of nitrogens with zero attached hydrogens (tertiary/aromatic N) is 1. The summed E-state index contributed by atoms with van der Waals surface area (Å²) < 4.78 is 4.56. The molecule has 0 bridgehead atoms. The van der Waals surface area contributed by atoms with Gasteiger partial charge in [0.15, 0.2) is 0 Å². The molecule has 0 aromatic heterocycles. The molecule has 84 valence electrons. The molecule has 0 spiro atoms. The van der Waals surface area contributed by atoms with Gasteiger partial charge in [0.1, 0.15) is 5.75 Å². The van der Waals surface area contributed by atoms with Gasteiger partial charge >= 0.3 is 5.97 Å². The first-order valence-corrected chi connectivity index (χ1v) is 4.10. The number of nitro benzene ring substituents is 1. The number of carbonyl (C=O) groups is 2. The molecule has 0 saturated heterocycles. The molecule has 0 aliphatic heterocycles. The van der Waals surface area contributed by atoms with E-state index in [0.717, 1.165) is 25.1 Å². The summed E-state index contributed by atoms with van der Waals surface area (Å²) in [6.07, 6.45) is 0. The number of carbonyl (C=O) groups excluding carboxylic acids is 2. The molecule has 0 atom stereocenters. The van der Waals surface area contributed by atoms with Gasteiger partial charge in [-0.15, -0.1) is 0 Å². The lowest BCUT2D eigenvalue weighted by Crippen LogP contribution is -2.23. The van der Waals surface area contributed by atoms with Gasteiger partial charge < -0.3 is 14.6 Å². The minimum Gasteiger partial charge on any atom is -0.545 e. The van der Waals surface area contributed by atoms with Crippen LogP contribution < -0.4 is 9.84 Å². The van der Waals surface area contributed by atoms with Crippen LogP contribution in [0.4, 0.5) is 5.69 Å². The van der Waals surface area contributed by atoms with Crippen molar-refractivity contribution < 1.29 is 24.4 Å². The summed E-state index contributed by atoms with van der Waals surface area (Å²) in [5.74, 6) is -2.66. The fraction of sp³-hybridized carbons (Fsp3) is 0.111. The summed E-state index contributed by atoms with van der Waals surface area (Å²) in [4.78, 5) is 30.9. The Hall–Kier alpha value is -2.44. The van der Waals surface area contributed by atoms with Gasteiger partial charge in [-0.3, -0.25) is 14.9 Å². The number of non-ortho nitro benzene ring substituents is 1. The van der Waals surface area contributed by atoms with Crippen LogP contribution >= 0.6 is 0 Å². The molecule has 1 rings (SSSR count). The Kier molecular flexibility index (Phi) is 3.19. The van der Waals surface area contributed by atoms with Crippen molar-refractivity contribution in [2.75, 3.05) is 0 Å². The van der Waals surface area contributed by atoms with Crippen LogP contribution in [0.5, 0.6) is 5.75 Å². The summed E-state index contributed by atoms with van der Waals surface area (Å²) in [5, 5.41) is 21.0. The van der Waals surface area contributed by atoms with E-state index in [1.807, 2.05) is 0 Å². The highest BCUT2D eigenvalue weighted by Crippen LogP contribution is 2.23. The Labute approximate surface area is 89.4 Å². The molecule has 7 nitrogen and oxygen atoms in total. The van der Waals surface area contributed by atoms with Gasteiger partial charge in [0, 0.05) is 24.6 Å². The molecule has 0 heterocycles. The summed E-state index contributed by atoms with van der Waals surface area (Å²) >= 11 is 0. The molecule has 0 aliphatic rings. The first-order valence-electron chi connectivity index (χ1n) is 4.10. The second kappa shape index (κ2) is 4.39. The second-order valence-corrected chi connectivity index (χ2v) is 2.82. The maximum Gasteiger partial charge on any atom is 0.308 e. The third kappa shape index (κ3) is 2.53. The van der Waals surface area contributed by atoms with E-state index < -0.39 is 28.1 Å². The monoisotopic (exact) mass is 224 g/mol.